The van der Waals surface area contributed by atoms with Crippen LogP contribution in [0.2, 0.25) is 0 Å². The maximum Gasteiger partial charge on any atom is 0.231 e. The van der Waals surface area contributed by atoms with Gasteiger partial charge in [0.05, 0.1) is 7.11 Å². The van der Waals surface area contributed by atoms with Gasteiger partial charge in [-0.1, -0.05) is 121 Å². The average Bonchev–Trinajstić information content (AvgIpc) is 3.93. The first-order valence-corrected chi connectivity index (χ1v) is 19.2. The lowest BCUT2D eigenvalue weighted by atomic mass is 9.87. The Labute approximate surface area is 325 Å². The Bertz CT molecular complexity index is 2060. The maximum atomic E-state index is 5.64. The van der Waals surface area contributed by atoms with Crippen molar-refractivity contribution in [3.63, 3.8) is 0 Å². The van der Waals surface area contributed by atoms with E-state index in [1.807, 2.05) is 30.3 Å². The molecular weight excluding hydrogens is 685 g/mol. The summed E-state index contributed by atoms with van der Waals surface area (Å²) in [4.78, 5) is 0. The first-order chi connectivity index (χ1) is 27.2. The van der Waals surface area contributed by atoms with Crippen molar-refractivity contribution in [2.24, 2.45) is 0 Å². The minimum absolute atomic E-state index is 0.203. The van der Waals surface area contributed by atoms with E-state index in [1.165, 1.54) is 33.4 Å². The van der Waals surface area contributed by atoms with E-state index in [0.29, 0.717) is 12.7 Å². The number of fused-ring (bicyclic) bond motifs is 2. The summed E-state index contributed by atoms with van der Waals surface area (Å²) in [5, 5.41) is 7.15. The highest BCUT2D eigenvalue weighted by atomic mass is 16.7. The highest BCUT2D eigenvalue weighted by Gasteiger charge is 2.22. The predicted octanol–water partition coefficient (Wildman–Crippen LogP) is 9.66. The van der Waals surface area contributed by atoms with Gasteiger partial charge in [-0.3, -0.25) is 0 Å². The molecule has 6 aromatic rings. The van der Waals surface area contributed by atoms with Crippen molar-refractivity contribution < 1.29 is 23.7 Å². The topological polar surface area (TPSA) is 70.2 Å². The second-order valence-corrected chi connectivity index (χ2v) is 13.8. The molecule has 55 heavy (non-hydrogen) atoms. The van der Waals surface area contributed by atoms with Crippen LogP contribution in [0.5, 0.6) is 28.7 Å². The molecule has 282 valence electrons. The second kappa shape index (κ2) is 19.5. The molecule has 8 rings (SSSR count). The van der Waals surface area contributed by atoms with Gasteiger partial charge in [0.25, 0.3) is 0 Å². The normalized spacial score (nSPS) is 13.4. The molecule has 6 aromatic carbocycles. The molecule has 2 unspecified atom stereocenters. The predicted molar refractivity (Wildman–Crippen MR) is 218 cm³/mol. The Morgan fingerprint density at radius 1 is 0.509 bits per heavy atom. The first-order valence-electron chi connectivity index (χ1n) is 19.2. The first kappa shape index (κ1) is 37.6. The summed E-state index contributed by atoms with van der Waals surface area (Å²) in [7, 11) is 1.73. The lowest BCUT2D eigenvalue weighted by Gasteiger charge is -2.21. The van der Waals surface area contributed by atoms with Crippen LogP contribution in [0.3, 0.4) is 0 Å². The molecule has 0 aromatic heterocycles. The Morgan fingerprint density at radius 3 is 1.60 bits per heavy atom. The van der Waals surface area contributed by atoms with Crippen molar-refractivity contribution >= 4 is 0 Å². The van der Waals surface area contributed by atoms with Crippen LogP contribution in [0.15, 0.2) is 152 Å². The van der Waals surface area contributed by atoms with Gasteiger partial charge >= 0.3 is 0 Å². The number of hydrogen-bond acceptors (Lipinski definition) is 7. The van der Waals surface area contributed by atoms with Crippen molar-refractivity contribution in [1.29, 1.82) is 0 Å². The third kappa shape index (κ3) is 10.5. The summed E-state index contributed by atoms with van der Waals surface area (Å²) in [6.45, 7) is 4.24. The smallest absolute Gasteiger partial charge is 0.231 e. The molecule has 7 heteroatoms. The Kier molecular flexibility index (Phi) is 13.3. The van der Waals surface area contributed by atoms with Crippen LogP contribution in [-0.4, -0.2) is 33.8 Å². The molecule has 2 N–H and O–H groups in total. The third-order valence-corrected chi connectivity index (χ3v) is 10.1. The summed E-state index contributed by atoms with van der Waals surface area (Å²) in [5.74, 6) is 4.88. The highest BCUT2D eigenvalue weighted by molar-refractivity contribution is 5.50. The number of benzene rings is 6. The largest absolute Gasteiger partial charge is 0.496 e. The van der Waals surface area contributed by atoms with Gasteiger partial charge in [0.1, 0.15) is 5.75 Å². The number of hydrogen-bond donors (Lipinski definition) is 2. The molecule has 0 saturated heterocycles. The summed E-state index contributed by atoms with van der Waals surface area (Å²) in [5.41, 5.74) is 7.67. The summed E-state index contributed by atoms with van der Waals surface area (Å²) >= 11 is 0. The van der Waals surface area contributed by atoms with E-state index in [9.17, 15) is 0 Å². The molecule has 0 radical (unpaired) electrons. The molecule has 0 spiro atoms. The van der Waals surface area contributed by atoms with E-state index in [2.05, 4.69) is 132 Å². The Balaban J connectivity index is 0.000000169. The van der Waals surface area contributed by atoms with Gasteiger partial charge < -0.3 is 34.3 Å². The van der Waals surface area contributed by atoms with Gasteiger partial charge in [-0.2, -0.15) is 0 Å². The number of ether oxygens (including phenoxy) is 5. The number of rotatable bonds is 16. The number of methoxy groups -OCH3 is 1. The molecule has 0 bridgehead atoms. The monoisotopic (exact) mass is 734 g/mol. The molecular formula is C48H50N2O5. The quantitative estimate of drug-likeness (QED) is 0.0961. The molecule has 7 nitrogen and oxygen atoms in total. The fourth-order valence-corrected chi connectivity index (χ4v) is 7.22. The van der Waals surface area contributed by atoms with Crippen LogP contribution in [-0.2, 0) is 19.5 Å². The van der Waals surface area contributed by atoms with Crippen LogP contribution < -0.4 is 34.3 Å². The van der Waals surface area contributed by atoms with Crippen LogP contribution in [0.1, 0.15) is 58.1 Å². The fourth-order valence-electron chi connectivity index (χ4n) is 7.22. The van der Waals surface area contributed by atoms with E-state index in [0.717, 1.165) is 74.2 Å². The van der Waals surface area contributed by atoms with E-state index < -0.39 is 0 Å². The van der Waals surface area contributed by atoms with Crippen LogP contribution in [0.25, 0.3) is 0 Å². The van der Waals surface area contributed by atoms with Crippen LogP contribution >= 0.6 is 0 Å². The minimum Gasteiger partial charge on any atom is -0.496 e. The lowest BCUT2D eigenvalue weighted by Crippen LogP contribution is -2.18. The van der Waals surface area contributed by atoms with E-state index >= 15 is 0 Å². The molecule has 2 aliphatic rings. The molecule has 2 heterocycles. The van der Waals surface area contributed by atoms with Crippen molar-refractivity contribution in [3.8, 4) is 28.7 Å². The Hall–Kier alpha value is -5.76. The molecule has 0 aliphatic carbocycles. The van der Waals surface area contributed by atoms with Crippen LogP contribution in [0, 0.1) is 0 Å². The van der Waals surface area contributed by atoms with Gasteiger partial charge in [0.2, 0.25) is 13.6 Å². The van der Waals surface area contributed by atoms with Gasteiger partial charge in [-0.05, 0) is 96.4 Å². The van der Waals surface area contributed by atoms with Crippen molar-refractivity contribution in [1.82, 2.24) is 10.6 Å². The van der Waals surface area contributed by atoms with E-state index in [1.54, 1.807) is 7.11 Å². The van der Waals surface area contributed by atoms with Crippen LogP contribution in [0.4, 0.5) is 0 Å². The standard InChI is InChI=1S/C24H25NO3.C24H25NO2/c1-26-22-10-6-5-9-21(22)20(13-14-25-16-18-7-3-2-4-8-18)19-11-12-23-24(15-19)28-17-27-23;1-3-7-19(8-4-1)15-22(13-14-25-17-20-9-5-2-6-10-20)21-11-12-23-24(16-21)27-18-26-23/h2-12,15,20,25H,13-14,16-17H2,1H3;1-12,16,22,25H,13-15,17-18H2. The summed E-state index contributed by atoms with van der Waals surface area (Å²) < 4.78 is 27.8. The van der Waals surface area contributed by atoms with Gasteiger partial charge in [-0.15, -0.1) is 0 Å². The summed E-state index contributed by atoms with van der Waals surface area (Å²) in [6, 6.07) is 52.5. The molecule has 2 aliphatic heterocycles. The van der Waals surface area contributed by atoms with E-state index in [4.69, 9.17) is 23.7 Å². The summed E-state index contributed by atoms with van der Waals surface area (Å²) in [6.07, 6.45) is 3.04. The lowest BCUT2D eigenvalue weighted by molar-refractivity contribution is 0.173. The zero-order valence-electron chi connectivity index (χ0n) is 31.5. The maximum absolute atomic E-state index is 5.64. The molecule has 0 fully saturated rings. The van der Waals surface area contributed by atoms with Crippen molar-refractivity contribution in [3.05, 3.63) is 185 Å². The van der Waals surface area contributed by atoms with Gasteiger partial charge in [-0.25, -0.2) is 0 Å². The zero-order valence-corrected chi connectivity index (χ0v) is 31.5. The minimum atomic E-state index is 0.203. The molecule has 0 amide bonds. The Morgan fingerprint density at radius 2 is 1.00 bits per heavy atom. The van der Waals surface area contributed by atoms with Crippen molar-refractivity contribution in [2.45, 2.75) is 44.2 Å². The third-order valence-electron chi connectivity index (χ3n) is 10.1. The van der Waals surface area contributed by atoms with E-state index in [-0.39, 0.29) is 12.7 Å². The molecule has 2 atom stereocenters. The zero-order chi connectivity index (χ0) is 37.5. The number of nitrogens with one attached hydrogen (secondary N) is 2. The SMILES string of the molecule is COc1ccccc1C(CCNCc1ccccc1)c1ccc2c(c1)OCO2.c1ccc(CNCCC(Cc2ccccc2)c2ccc3c(c2)OCO3)cc1. The number of para-hydroxylation sites is 1. The fraction of sp³-hybridized carbons (Fsp3) is 0.250. The molecule has 0 saturated carbocycles. The van der Waals surface area contributed by atoms with Gasteiger partial charge in [0, 0.05) is 24.6 Å². The van der Waals surface area contributed by atoms with Crippen molar-refractivity contribution in [2.75, 3.05) is 33.8 Å². The van der Waals surface area contributed by atoms with Gasteiger partial charge in [0.15, 0.2) is 23.0 Å². The highest BCUT2D eigenvalue weighted by Crippen LogP contribution is 2.40. The average molecular weight is 735 g/mol. The second-order valence-electron chi connectivity index (χ2n) is 13.8.